The maximum atomic E-state index is 13.6. The summed E-state index contributed by atoms with van der Waals surface area (Å²) in [5.74, 6) is -3.47. The summed E-state index contributed by atoms with van der Waals surface area (Å²) in [6.45, 7) is 1.43. The zero-order valence-corrected chi connectivity index (χ0v) is 13.3. The van der Waals surface area contributed by atoms with Crippen molar-refractivity contribution >= 4 is 23.3 Å². The van der Waals surface area contributed by atoms with Crippen LogP contribution >= 0.6 is 0 Å². The first-order valence-electron chi connectivity index (χ1n) is 8.18. The molecule has 0 bridgehead atoms. The van der Waals surface area contributed by atoms with Crippen LogP contribution in [0.3, 0.4) is 0 Å². The van der Waals surface area contributed by atoms with Crippen molar-refractivity contribution in [3.05, 3.63) is 23.8 Å². The minimum Gasteiger partial charge on any atom is -0.481 e. The topological polar surface area (TPSA) is 69.6 Å². The minimum absolute atomic E-state index is 0.152. The van der Waals surface area contributed by atoms with Crippen molar-refractivity contribution in [2.45, 2.75) is 38.5 Å². The number of aliphatic carboxylic acids is 1. The van der Waals surface area contributed by atoms with Crippen molar-refractivity contribution < 1.29 is 23.5 Å². The van der Waals surface area contributed by atoms with Crippen molar-refractivity contribution in [2.75, 3.05) is 23.3 Å². The minimum atomic E-state index is -1.04. The number of nitrogens with zero attached hydrogens (tertiary/aromatic N) is 1. The van der Waals surface area contributed by atoms with E-state index in [1.165, 1.54) is 0 Å². The smallest absolute Gasteiger partial charge is 0.310 e. The summed E-state index contributed by atoms with van der Waals surface area (Å²) in [6, 6.07) is 2.07. The summed E-state index contributed by atoms with van der Waals surface area (Å²) in [5.41, 5.74) is -0.349. The zero-order chi connectivity index (χ0) is 17.3. The van der Waals surface area contributed by atoms with Crippen molar-refractivity contribution in [3.63, 3.8) is 0 Å². The monoisotopic (exact) mass is 338 g/mol. The van der Waals surface area contributed by atoms with Gasteiger partial charge in [-0.2, -0.15) is 0 Å². The largest absolute Gasteiger partial charge is 0.481 e. The molecule has 1 heterocycles. The Kier molecular flexibility index (Phi) is 4.43. The molecule has 5 nitrogen and oxygen atoms in total. The van der Waals surface area contributed by atoms with E-state index < -0.39 is 28.9 Å². The SMILES string of the molecule is O=C(CC1(C(=O)O)CC1)Nc1cc(F)c(F)cc1N1CCCCC1. The molecule has 0 radical (unpaired) electrons. The van der Waals surface area contributed by atoms with Crippen molar-refractivity contribution in [1.29, 1.82) is 0 Å². The van der Waals surface area contributed by atoms with Crippen molar-refractivity contribution in [3.8, 4) is 0 Å². The molecule has 1 amide bonds. The Balaban J connectivity index is 1.79. The molecule has 1 aromatic carbocycles. The number of piperidine rings is 1. The number of halogens is 2. The summed E-state index contributed by atoms with van der Waals surface area (Å²) < 4.78 is 27.3. The van der Waals surface area contributed by atoms with Gasteiger partial charge in [-0.1, -0.05) is 0 Å². The summed E-state index contributed by atoms with van der Waals surface area (Å²) in [6.07, 6.45) is 3.77. The molecule has 1 aliphatic carbocycles. The molecule has 1 saturated heterocycles. The van der Waals surface area contributed by atoms with Gasteiger partial charge in [0.2, 0.25) is 5.91 Å². The Labute approximate surface area is 138 Å². The molecule has 0 spiro atoms. The van der Waals surface area contributed by atoms with Crippen LogP contribution in [0.25, 0.3) is 0 Å². The number of amides is 1. The van der Waals surface area contributed by atoms with Crippen molar-refractivity contribution in [1.82, 2.24) is 0 Å². The molecule has 7 heteroatoms. The Morgan fingerprint density at radius 1 is 1.12 bits per heavy atom. The molecule has 130 valence electrons. The zero-order valence-electron chi connectivity index (χ0n) is 13.3. The van der Waals surface area contributed by atoms with Gasteiger partial charge in [-0.25, -0.2) is 8.78 Å². The van der Waals surface area contributed by atoms with Gasteiger partial charge in [-0.15, -0.1) is 0 Å². The fourth-order valence-electron chi connectivity index (χ4n) is 3.15. The first-order valence-corrected chi connectivity index (χ1v) is 8.18. The lowest BCUT2D eigenvalue weighted by Crippen LogP contribution is -2.31. The van der Waals surface area contributed by atoms with E-state index in [1.807, 2.05) is 4.90 Å². The second kappa shape index (κ2) is 6.37. The van der Waals surface area contributed by atoms with Crippen molar-refractivity contribution in [2.24, 2.45) is 5.41 Å². The molecule has 1 saturated carbocycles. The third-order valence-electron chi connectivity index (χ3n) is 4.82. The number of benzene rings is 1. The van der Waals surface area contributed by atoms with Gasteiger partial charge >= 0.3 is 5.97 Å². The van der Waals surface area contributed by atoms with Gasteiger partial charge in [0, 0.05) is 31.6 Å². The maximum Gasteiger partial charge on any atom is 0.310 e. The lowest BCUT2D eigenvalue weighted by atomic mass is 10.0. The molecular formula is C17H20F2N2O3. The van der Waals surface area contributed by atoms with E-state index in [0.29, 0.717) is 31.6 Å². The number of carboxylic acids is 1. The first kappa shape index (κ1) is 16.7. The maximum absolute atomic E-state index is 13.6. The van der Waals surface area contributed by atoms with Gasteiger partial charge in [0.25, 0.3) is 0 Å². The van der Waals surface area contributed by atoms with Crippen LogP contribution in [0.4, 0.5) is 20.2 Å². The summed E-state index contributed by atoms with van der Waals surface area (Å²) >= 11 is 0. The van der Waals surface area contributed by atoms with E-state index in [0.717, 1.165) is 31.4 Å². The number of rotatable bonds is 5. The number of hydrogen-bond donors (Lipinski definition) is 2. The summed E-state index contributed by atoms with van der Waals surface area (Å²) in [7, 11) is 0. The van der Waals surface area contributed by atoms with Crippen LogP contribution in [0.5, 0.6) is 0 Å². The number of carbonyl (C=O) groups is 2. The van der Waals surface area contributed by atoms with Crippen LogP contribution in [-0.4, -0.2) is 30.1 Å². The predicted octanol–water partition coefficient (Wildman–Crippen LogP) is 3.15. The molecule has 2 fully saturated rings. The average Bonchev–Trinajstić information content (AvgIpc) is 3.32. The molecule has 2 aliphatic rings. The van der Waals surface area contributed by atoms with E-state index in [9.17, 15) is 18.4 Å². The number of hydrogen-bond acceptors (Lipinski definition) is 3. The van der Waals surface area contributed by atoms with Crippen LogP contribution in [0.15, 0.2) is 12.1 Å². The Bertz CT molecular complexity index is 668. The fourth-order valence-corrected chi connectivity index (χ4v) is 3.15. The Hall–Kier alpha value is -2.18. The molecule has 2 N–H and O–H groups in total. The molecule has 0 aromatic heterocycles. The molecule has 24 heavy (non-hydrogen) atoms. The number of anilines is 2. The predicted molar refractivity (Wildman–Crippen MR) is 85.0 cm³/mol. The van der Waals surface area contributed by atoms with E-state index >= 15 is 0 Å². The second-order valence-electron chi connectivity index (χ2n) is 6.64. The fraction of sp³-hybridized carbons (Fsp3) is 0.529. The standard InChI is InChI=1S/C17H20F2N2O3/c18-11-8-13(20-15(22)10-17(4-5-17)16(23)24)14(9-12(11)19)21-6-2-1-3-7-21/h8-9H,1-7,10H2,(H,20,22)(H,23,24). The van der Waals surface area contributed by atoms with Gasteiger partial charge in [-0.05, 0) is 32.1 Å². The second-order valence-corrected chi connectivity index (χ2v) is 6.64. The van der Waals surface area contributed by atoms with Crippen LogP contribution < -0.4 is 10.2 Å². The van der Waals surface area contributed by atoms with Crippen LogP contribution in [0.1, 0.15) is 38.5 Å². The number of carboxylic acid groups (broad SMARTS) is 1. The lowest BCUT2D eigenvalue weighted by Gasteiger charge is -2.30. The molecule has 0 unspecified atom stereocenters. The third-order valence-corrected chi connectivity index (χ3v) is 4.82. The summed E-state index contributed by atoms with van der Waals surface area (Å²) in [4.78, 5) is 25.3. The van der Waals surface area contributed by atoms with Gasteiger partial charge < -0.3 is 15.3 Å². The Morgan fingerprint density at radius 2 is 1.75 bits per heavy atom. The number of carbonyl (C=O) groups excluding carboxylic acids is 1. The van der Waals surface area contributed by atoms with Gasteiger partial charge in [0.15, 0.2) is 11.6 Å². The highest BCUT2D eigenvalue weighted by molar-refractivity contribution is 5.97. The molecular weight excluding hydrogens is 318 g/mol. The third kappa shape index (κ3) is 3.34. The van der Waals surface area contributed by atoms with Gasteiger partial charge in [0.05, 0.1) is 16.8 Å². The van der Waals surface area contributed by atoms with E-state index in [2.05, 4.69) is 5.32 Å². The highest BCUT2D eigenvalue weighted by Crippen LogP contribution is 2.49. The normalized spacial score (nSPS) is 19.0. The summed E-state index contributed by atoms with van der Waals surface area (Å²) in [5, 5.41) is 11.7. The average molecular weight is 338 g/mol. The van der Waals surface area contributed by atoms with Crippen LogP contribution in [0.2, 0.25) is 0 Å². The molecule has 0 atom stereocenters. The highest BCUT2D eigenvalue weighted by atomic mass is 19.2. The van der Waals surface area contributed by atoms with Crippen LogP contribution in [-0.2, 0) is 9.59 Å². The van der Waals surface area contributed by atoms with E-state index in [4.69, 9.17) is 5.11 Å². The molecule has 1 aromatic rings. The van der Waals surface area contributed by atoms with Crippen LogP contribution in [0, 0.1) is 17.0 Å². The Morgan fingerprint density at radius 3 is 2.33 bits per heavy atom. The lowest BCUT2D eigenvalue weighted by molar-refractivity contribution is -0.145. The van der Waals surface area contributed by atoms with Gasteiger partial charge in [-0.3, -0.25) is 9.59 Å². The number of nitrogens with one attached hydrogen (secondary N) is 1. The molecule has 3 rings (SSSR count). The van der Waals surface area contributed by atoms with Gasteiger partial charge in [0.1, 0.15) is 0 Å². The highest BCUT2D eigenvalue weighted by Gasteiger charge is 2.51. The quantitative estimate of drug-likeness (QED) is 0.865. The first-order chi connectivity index (χ1) is 11.4. The molecule has 1 aliphatic heterocycles. The van der Waals surface area contributed by atoms with E-state index in [1.54, 1.807) is 0 Å². The van der Waals surface area contributed by atoms with E-state index in [-0.39, 0.29) is 12.1 Å².